The molecular weight excluding hydrogens is 220 g/mol. The lowest BCUT2D eigenvalue weighted by Gasteiger charge is -2.20. The van der Waals surface area contributed by atoms with Crippen molar-refractivity contribution in [3.8, 4) is 0 Å². The maximum atomic E-state index is 11.7. The summed E-state index contributed by atoms with van der Waals surface area (Å²) < 4.78 is 0. The summed E-state index contributed by atoms with van der Waals surface area (Å²) in [5.74, 6) is -0.986. The van der Waals surface area contributed by atoms with Crippen LogP contribution in [0.15, 0.2) is 12.7 Å². The number of nitrogens with one attached hydrogen (secondary N) is 1. The van der Waals surface area contributed by atoms with E-state index < -0.39 is 12.0 Å². The highest BCUT2D eigenvalue weighted by Crippen LogP contribution is 1.99. The maximum absolute atomic E-state index is 11.7. The Kier molecular flexibility index (Phi) is 7.84. The second kappa shape index (κ2) is 8.61. The van der Waals surface area contributed by atoms with E-state index in [9.17, 15) is 9.59 Å². The van der Waals surface area contributed by atoms with Gasteiger partial charge in [0.15, 0.2) is 0 Å². The van der Waals surface area contributed by atoms with E-state index in [0.717, 1.165) is 19.3 Å². The third-order valence-electron chi connectivity index (χ3n) is 2.42. The number of carboxylic acids is 1. The normalized spacial score (nSPS) is 11.6. The predicted molar refractivity (Wildman–Crippen MR) is 66.9 cm³/mol. The van der Waals surface area contributed by atoms with Crippen molar-refractivity contribution in [2.24, 2.45) is 0 Å². The van der Waals surface area contributed by atoms with Gasteiger partial charge in [-0.05, 0) is 19.3 Å². The SMILES string of the molecule is C=CCCCN(C)C(=O)NC(CCC)C(=O)O. The van der Waals surface area contributed by atoms with Gasteiger partial charge in [-0.15, -0.1) is 6.58 Å². The Morgan fingerprint density at radius 2 is 2.18 bits per heavy atom. The number of aliphatic carboxylic acids is 1. The lowest BCUT2D eigenvalue weighted by atomic mass is 10.2. The van der Waals surface area contributed by atoms with Crippen molar-refractivity contribution in [2.45, 2.75) is 38.6 Å². The number of hydrogen-bond donors (Lipinski definition) is 2. The minimum atomic E-state index is -0.986. The molecule has 1 unspecified atom stereocenters. The van der Waals surface area contributed by atoms with Crippen LogP contribution in [0.1, 0.15) is 32.6 Å². The number of carbonyl (C=O) groups is 2. The Morgan fingerprint density at radius 1 is 1.53 bits per heavy atom. The average molecular weight is 242 g/mol. The van der Waals surface area contributed by atoms with Crippen LogP contribution in [-0.4, -0.2) is 41.6 Å². The zero-order chi connectivity index (χ0) is 13.3. The summed E-state index contributed by atoms with van der Waals surface area (Å²) in [6.45, 7) is 6.08. The third kappa shape index (κ3) is 6.60. The standard InChI is InChI=1S/C12H22N2O3/c1-4-6-7-9-14(3)12(17)13-10(8-5-2)11(15)16/h4,10H,1,5-9H2,2-3H3,(H,13,17)(H,15,16). The molecular formula is C12H22N2O3. The van der Waals surface area contributed by atoms with Crippen molar-refractivity contribution in [1.29, 1.82) is 0 Å². The van der Waals surface area contributed by atoms with Gasteiger partial charge in [-0.25, -0.2) is 9.59 Å². The summed E-state index contributed by atoms with van der Waals surface area (Å²) in [5, 5.41) is 11.4. The van der Waals surface area contributed by atoms with Crippen molar-refractivity contribution in [1.82, 2.24) is 10.2 Å². The van der Waals surface area contributed by atoms with Gasteiger partial charge in [-0.3, -0.25) is 0 Å². The van der Waals surface area contributed by atoms with Crippen LogP contribution >= 0.6 is 0 Å². The number of carboxylic acid groups (broad SMARTS) is 1. The Hall–Kier alpha value is -1.52. The fourth-order valence-electron chi connectivity index (χ4n) is 1.38. The van der Waals surface area contributed by atoms with E-state index in [1.165, 1.54) is 4.90 Å². The van der Waals surface area contributed by atoms with Gasteiger partial charge in [0.05, 0.1) is 0 Å². The minimum absolute atomic E-state index is 0.338. The number of urea groups is 1. The van der Waals surface area contributed by atoms with Gasteiger partial charge >= 0.3 is 12.0 Å². The summed E-state index contributed by atoms with van der Waals surface area (Å²) in [5.41, 5.74) is 0. The molecule has 2 N–H and O–H groups in total. The number of allylic oxidation sites excluding steroid dienone is 1. The van der Waals surface area contributed by atoms with Crippen LogP contribution in [0.25, 0.3) is 0 Å². The average Bonchev–Trinajstić information content (AvgIpc) is 2.28. The van der Waals surface area contributed by atoms with E-state index in [0.29, 0.717) is 13.0 Å². The molecule has 98 valence electrons. The Labute approximate surface area is 102 Å². The van der Waals surface area contributed by atoms with Crippen LogP contribution in [0.2, 0.25) is 0 Å². The molecule has 0 aliphatic rings. The van der Waals surface area contributed by atoms with Crippen LogP contribution < -0.4 is 5.32 Å². The van der Waals surface area contributed by atoms with Crippen molar-refractivity contribution in [3.05, 3.63) is 12.7 Å². The molecule has 0 aromatic heterocycles. The Morgan fingerprint density at radius 3 is 2.65 bits per heavy atom. The predicted octanol–water partition coefficient (Wildman–Crippen LogP) is 1.85. The number of amides is 2. The lowest BCUT2D eigenvalue weighted by Crippen LogP contribution is -2.46. The second-order valence-electron chi connectivity index (χ2n) is 3.98. The Balaban J connectivity index is 4.10. The van der Waals surface area contributed by atoms with Gasteiger partial charge < -0.3 is 15.3 Å². The smallest absolute Gasteiger partial charge is 0.326 e. The largest absolute Gasteiger partial charge is 0.480 e. The molecule has 0 aromatic carbocycles. The molecule has 0 saturated carbocycles. The first-order valence-electron chi connectivity index (χ1n) is 5.88. The van der Waals surface area contributed by atoms with Crippen molar-refractivity contribution < 1.29 is 14.7 Å². The first-order chi connectivity index (χ1) is 8.02. The quantitative estimate of drug-likeness (QED) is 0.504. The summed E-state index contributed by atoms with van der Waals surface area (Å²) in [7, 11) is 1.66. The monoisotopic (exact) mass is 242 g/mol. The summed E-state index contributed by atoms with van der Waals surface area (Å²) in [6.07, 6.45) is 4.63. The molecule has 0 aliphatic heterocycles. The third-order valence-corrected chi connectivity index (χ3v) is 2.42. The second-order valence-corrected chi connectivity index (χ2v) is 3.98. The molecule has 0 aliphatic carbocycles. The van der Waals surface area contributed by atoms with E-state index >= 15 is 0 Å². The van der Waals surface area contributed by atoms with E-state index in [1.807, 2.05) is 6.92 Å². The van der Waals surface area contributed by atoms with E-state index in [2.05, 4.69) is 11.9 Å². The summed E-state index contributed by atoms with van der Waals surface area (Å²) in [6, 6.07) is -1.13. The van der Waals surface area contributed by atoms with E-state index in [4.69, 9.17) is 5.11 Å². The molecule has 0 fully saturated rings. The molecule has 0 heterocycles. The van der Waals surface area contributed by atoms with Crippen LogP contribution in [0.5, 0.6) is 0 Å². The summed E-state index contributed by atoms with van der Waals surface area (Å²) in [4.78, 5) is 24.0. The van der Waals surface area contributed by atoms with Crippen LogP contribution in [-0.2, 0) is 4.79 Å². The van der Waals surface area contributed by atoms with Gasteiger partial charge in [0.25, 0.3) is 0 Å². The molecule has 0 rings (SSSR count). The number of carbonyl (C=O) groups excluding carboxylic acids is 1. The first-order valence-corrected chi connectivity index (χ1v) is 5.88. The van der Waals surface area contributed by atoms with E-state index in [1.54, 1.807) is 13.1 Å². The van der Waals surface area contributed by atoms with Gasteiger partial charge in [0, 0.05) is 13.6 Å². The molecule has 17 heavy (non-hydrogen) atoms. The van der Waals surface area contributed by atoms with Crippen molar-refractivity contribution in [2.75, 3.05) is 13.6 Å². The molecule has 0 aromatic rings. The van der Waals surface area contributed by atoms with E-state index in [-0.39, 0.29) is 6.03 Å². The topological polar surface area (TPSA) is 69.6 Å². The zero-order valence-corrected chi connectivity index (χ0v) is 10.6. The van der Waals surface area contributed by atoms with Gasteiger partial charge in [-0.2, -0.15) is 0 Å². The molecule has 2 amide bonds. The fourth-order valence-corrected chi connectivity index (χ4v) is 1.38. The maximum Gasteiger partial charge on any atom is 0.326 e. The lowest BCUT2D eigenvalue weighted by molar-refractivity contribution is -0.139. The Bertz CT molecular complexity index is 266. The molecule has 0 radical (unpaired) electrons. The number of nitrogens with zero attached hydrogens (tertiary/aromatic N) is 1. The minimum Gasteiger partial charge on any atom is -0.480 e. The van der Waals surface area contributed by atoms with Crippen LogP contribution in [0.4, 0.5) is 4.79 Å². The molecule has 0 bridgehead atoms. The van der Waals surface area contributed by atoms with Crippen molar-refractivity contribution >= 4 is 12.0 Å². The van der Waals surface area contributed by atoms with Crippen LogP contribution in [0.3, 0.4) is 0 Å². The molecule has 5 nitrogen and oxygen atoms in total. The molecule has 1 atom stereocenters. The van der Waals surface area contributed by atoms with Gasteiger partial charge in [0.2, 0.25) is 0 Å². The zero-order valence-electron chi connectivity index (χ0n) is 10.6. The first kappa shape index (κ1) is 15.5. The number of unbranched alkanes of at least 4 members (excludes halogenated alkanes) is 1. The summed E-state index contributed by atoms with van der Waals surface area (Å²) >= 11 is 0. The van der Waals surface area contributed by atoms with Crippen LogP contribution in [0, 0.1) is 0 Å². The number of hydrogen-bond acceptors (Lipinski definition) is 2. The highest BCUT2D eigenvalue weighted by Gasteiger charge is 2.20. The highest BCUT2D eigenvalue weighted by atomic mass is 16.4. The van der Waals surface area contributed by atoms with Gasteiger partial charge in [0.1, 0.15) is 6.04 Å². The van der Waals surface area contributed by atoms with Gasteiger partial charge in [-0.1, -0.05) is 19.4 Å². The molecule has 0 saturated heterocycles. The molecule has 5 heteroatoms. The van der Waals surface area contributed by atoms with Crippen molar-refractivity contribution in [3.63, 3.8) is 0 Å². The highest BCUT2D eigenvalue weighted by molar-refractivity contribution is 5.82. The fraction of sp³-hybridized carbons (Fsp3) is 0.667. The molecule has 0 spiro atoms. The number of rotatable bonds is 8.